The fraction of sp³-hybridized carbons (Fsp3) is 0.500. The Morgan fingerprint density at radius 2 is 2.00 bits per heavy atom. The van der Waals surface area contributed by atoms with Gasteiger partial charge in [0.2, 0.25) is 0 Å². The van der Waals surface area contributed by atoms with E-state index in [1.165, 1.54) is 5.56 Å². The van der Waals surface area contributed by atoms with Crippen LogP contribution in [0.3, 0.4) is 0 Å². The maximum Gasteiger partial charge on any atom is 0.191 e. The zero-order chi connectivity index (χ0) is 13.0. The first-order valence-electron chi connectivity index (χ1n) is 6.32. The maximum atomic E-state index is 4.51. The van der Waals surface area contributed by atoms with Crippen molar-refractivity contribution >= 4 is 45.9 Å². The third-order valence-corrected chi connectivity index (χ3v) is 3.55. The maximum absolute atomic E-state index is 4.51. The van der Waals surface area contributed by atoms with E-state index in [0.717, 1.165) is 36.5 Å². The molecule has 0 radical (unpaired) electrons. The standard InChI is InChI=1S/C14H20BrN3.HI/c1-14(2)9-17-13(18-10-14)16-8-7-11-3-5-12(15)6-4-11;/h3-6H,7-10H2,1-2H3,(H2,16,17,18);1H. The van der Waals surface area contributed by atoms with Crippen molar-refractivity contribution < 1.29 is 0 Å². The van der Waals surface area contributed by atoms with Gasteiger partial charge in [-0.2, -0.15) is 0 Å². The molecule has 0 bridgehead atoms. The van der Waals surface area contributed by atoms with Gasteiger partial charge in [-0.1, -0.05) is 41.9 Å². The second-order valence-electron chi connectivity index (χ2n) is 5.49. The van der Waals surface area contributed by atoms with Crippen molar-refractivity contribution in [2.45, 2.75) is 20.3 Å². The summed E-state index contributed by atoms with van der Waals surface area (Å²) < 4.78 is 1.12. The molecule has 0 aliphatic carbocycles. The van der Waals surface area contributed by atoms with Gasteiger partial charge in [0.1, 0.15) is 0 Å². The van der Waals surface area contributed by atoms with Gasteiger partial charge < -0.3 is 10.6 Å². The number of nitrogens with zero attached hydrogens (tertiary/aromatic N) is 1. The molecular weight excluding hydrogens is 417 g/mol. The van der Waals surface area contributed by atoms with Gasteiger partial charge in [-0.3, -0.25) is 4.99 Å². The van der Waals surface area contributed by atoms with Gasteiger partial charge >= 0.3 is 0 Å². The van der Waals surface area contributed by atoms with Crippen LogP contribution in [0.1, 0.15) is 19.4 Å². The highest BCUT2D eigenvalue weighted by Crippen LogP contribution is 2.16. The monoisotopic (exact) mass is 437 g/mol. The minimum Gasteiger partial charge on any atom is -0.356 e. The minimum atomic E-state index is 0. The van der Waals surface area contributed by atoms with Crippen LogP contribution in [0, 0.1) is 5.41 Å². The van der Waals surface area contributed by atoms with Gasteiger partial charge in [0.15, 0.2) is 5.96 Å². The van der Waals surface area contributed by atoms with Crippen LogP contribution in [0.2, 0.25) is 0 Å². The molecule has 0 fully saturated rings. The molecule has 5 heteroatoms. The summed E-state index contributed by atoms with van der Waals surface area (Å²) in [6, 6.07) is 8.44. The second kappa shape index (κ2) is 7.47. The summed E-state index contributed by atoms with van der Waals surface area (Å²) in [6.45, 7) is 7.23. The van der Waals surface area contributed by atoms with Crippen LogP contribution in [0.5, 0.6) is 0 Å². The third kappa shape index (κ3) is 5.69. The molecule has 0 unspecified atom stereocenters. The number of benzene rings is 1. The Hall–Kier alpha value is -0.300. The van der Waals surface area contributed by atoms with Crippen LogP contribution in [-0.2, 0) is 6.42 Å². The van der Waals surface area contributed by atoms with Gasteiger partial charge in [-0.05, 0) is 24.1 Å². The average Bonchev–Trinajstić information content (AvgIpc) is 2.34. The summed E-state index contributed by atoms with van der Waals surface area (Å²) in [7, 11) is 0. The lowest BCUT2D eigenvalue weighted by Crippen LogP contribution is -2.47. The zero-order valence-corrected chi connectivity index (χ0v) is 15.3. The number of nitrogens with one attached hydrogen (secondary N) is 2. The number of aliphatic imine (C=N–C) groups is 1. The molecule has 0 aromatic heterocycles. The van der Waals surface area contributed by atoms with E-state index in [4.69, 9.17) is 0 Å². The Morgan fingerprint density at radius 3 is 2.58 bits per heavy atom. The Bertz CT molecular complexity index is 429. The number of rotatable bonds is 3. The minimum absolute atomic E-state index is 0. The summed E-state index contributed by atoms with van der Waals surface area (Å²) in [5.74, 6) is 0.937. The van der Waals surface area contributed by atoms with Gasteiger partial charge in [0.05, 0.1) is 0 Å². The van der Waals surface area contributed by atoms with Crippen LogP contribution >= 0.6 is 39.9 Å². The highest BCUT2D eigenvalue weighted by Gasteiger charge is 2.21. The van der Waals surface area contributed by atoms with E-state index in [0.29, 0.717) is 0 Å². The summed E-state index contributed by atoms with van der Waals surface area (Å²) in [5, 5.41) is 6.69. The van der Waals surface area contributed by atoms with Crippen LogP contribution < -0.4 is 10.6 Å². The molecule has 0 spiro atoms. The predicted molar refractivity (Wildman–Crippen MR) is 95.3 cm³/mol. The Morgan fingerprint density at radius 1 is 1.32 bits per heavy atom. The number of guanidine groups is 1. The third-order valence-electron chi connectivity index (χ3n) is 3.02. The first-order chi connectivity index (χ1) is 8.55. The van der Waals surface area contributed by atoms with Crippen molar-refractivity contribution in [1.29, 1.82) is 0 Å². The Kier molecular flexibility index (Phi) is 6.59. The Labute approximate surface area is 140 Å². The number of hydrogen-bond donors (Lipinski definition) is 2. The van der Waals surface area contributed by atoms with Crippen molar-refractivity contribution in [2.24, 2.45) is 10.4 Å². The van der Waals surface area contributed by atoms with Crippen molar-refractivity contribution in [3.05, 3.63) is 34.3 Å². The topological polar surface area (TPSA) is 36.4 Å². The SMILES string of the molecule is CC1(C)CN=C(NCCc2ccc(Br)cc2)NC1.I. The lowest BCUT2D eigenvalue weighted by atomic mass is 9.93. The molecule has 19 heavy (non-hydrogen) atoms. The highest BCUT2D eigenvalue weighted by molar-refractivity contribution is 14.0. The molecule has 0 saturated heterocycles. The summed E-state index contributed by atoms with van der Waals surface area (Å²) in [5.41, 5.74) is 1.61. The molecular formula is C14H21BrIN3. The molecule has 2 rings (SSSR count). The van der Waals surface area contributed by atoms with Crippen molar-refractivity contribution in [2.75, 3.05) is 19.6 Å². The molecule has 1 aromatic carbocycles. The lowest BCUT2D eigenvalue weighted by molar-refractivity contribution is 0.358. The molecule has 3 nitrogen and oxygen atoms in total. The summed E-state index contributed by atoms with van der Waals surface area (Å²) in [4.78, 5) is 4.51. The van der Waals surface area contributed by atoms with Gasteiger partial charge in [-0.25, -0.2) is 0 Å². The van der Waals surface area contributed by atoms with E-state index in [1.807, 2.05) is 0 Å². The lowest BCUT2D eigenvalue weighted by Gasteiger charge is -2.29. The normalized spacial score (nSPS) is 16.9. The molecule has 106 valence electrons. The van der Waals surface area contributed by atoms with E-state index in [9.17, 15) is 0 Å². The fourth-order valence-electron chi connectivity index (χ4n) is 1.82. The van der Waals surface area contributed by atoms with Gasteiger partial charge in [-0.15, -0.1) is 24.0 Å². The summed E-state index contributed by atoms with van der Waals surface area (Å²) >= 11 is 3.44. The first-order valence-corrected chi connectivity index (χ1v) is 7.11. The molecule has 1 aliphatic heterocycles. The van der Waals surface area contributed by atoms with E-state index < -0.39 is 0 Å². The number of hydrogen-bond acceptors (Lipinski definition) is 3. The van der Waals surface area contributed by atoms with E-state index >= 15 is 0 Å². The predicted octanol–water partition coefficient (Wildman–Crippen LogP) is 3.18. The largest absolute Gasteiger partial charge is 0.356 e. The van der Waals surface area contributed by atoms with Gasteiger partial charge in [0, 0.05) is 29.5 Å². The Balaban J connectivity index is 0.00000180. The van der Waals surface area contributed by atoms with Crippen molar-refractivity contribution in [1.82, 2.24) is 10.6 Å². The molecule has 2 N–H and O–H groups in total. The molecule has 0 atom stereocenters. The van der Waals surface area contributed by atoms with Gasteiger partial charge in [0.25, 0.3) is 0 Å². The van der Waals surface area contributed by atoms with E-state index in [2.05, 4.69) is 69.7 Å². The fourth-order valence-corrected chi connectivity index (χ4v) is 2.09. The van der Waals surface area contributed by atoms with Crippen molar-refractivity contribution in [3.8, 4) is 0 Å². The quantitative estimate of drug-likeness (QED) is 0.712. The molecule has 1 aliphatic rings. The smallest absolute Gasteiger partial charge is 0.191 e. The number of halogens is 2. The van der Waals surface area contributed by atoms with Crippen LogP contribution in [-0.4, -0.2) is 25.6 Å². The van der Waals surface area contributed by atoms with Crippen LogP contribution in [0.25, 0.3) is 0 Å². The zero-order valence-electron chi connectivity index (χ0n) is 11.4. The van der Waals surface area contributed by atoms with Crippen LogP contribution in [0.15, 0.2) is 33.7 Å². The molecule has 0 saturated carbocycles. The molecule has 1 heterocycles. The molecule has 0 amide bonds. The van der Waals surface area contributed by atoms with E-state index in [1.54, 1.807) is 0 Å². The second-order valence-corrected chi connectivity index (χ2v) is 6.40. The first kappa shape index (κ1) is 16.8. The van der Waals surface area contributed by atoms with Crippen LogP contribution in [0.4, 0.5) is 0 Å². The average molecular weight is 438 g/mol. The van der Waals surface area contributed by atoms with E-state index in [-0.39, 0.29) is 29.4 Å². The highest BCUT2D eigenvalue weighted by atomic mass is 127. The molecule has 1 aromatic rings. The van der Waals surface area contributed by atoms with Crippen molar-refractivity contribution in [3.63, 3.8) is 0 Å². The summed E-state index contributed by atoms with van der Waals surface area (Å²) in [6.07, 6.45) is 1.01.